The number of carboxylic acids is 1. The van der Waals surface area contributed by atoms with Crippen LogP contribution < -0.4 is 34.7 Å². The second-order valence-corrected chi connectivity index (χ2v) is 5.59. The minimum atomic E-state index is -1.53. The van der Waals surface area contributed by atoms with Crippen LogP contribution in [0.1, 0.15) is 84.0 Å². The number of hydrogen-bond donors (Lipinski definition) is 1. The second-order valence-electron chi connectivity index (χ2n) is 5.59. The molecule has 1 N–H and O–H groups in total. The van der Waals surface area contributed by atoms with Crippen molar-refractivity contribution in [3.63, 3.8) is 0 Å². The molecule has 22 heavy (non-hydrogen) atoms. The van der Waals surface area contributed by atoms with E-state index in [1.54, 1.807) is 6.08 Å². The zero-order chi connectivity index (χ0) is 15.8. The molecule has 0 bridgehead atoms. The Morgan fingerprint density at radius 1 is 0.909 bits per heavy atom. The Bertz CT molecular complexity index is 311. The van der Waals surface area contributed by atoms with Crippen LogP contribution in [0.5, 0.6) is 0 Å². The summed E-state index contributed by atoms with van der Waals surface area (Å²) in [6.07, 6.45) is 20.1. The Morgan fingerprint density at radius 2 is 1.36 bits per heavy atom. The van der Waals surface area contributed by atoms with Crippen molar-refractivity contribution in [1.82, 2.24) is 0 Å². The number of aliphatic hydroxyl groups excluding tert-OH is 1. The number of allylic oxidation sites excluding steroid dienone is 3. The molecule has 0 unspecified atom stereocenters. The van der Waals surface area contributed by atoms with Gasteiger partial charge in [0.1, 0.15) is 11.7 Å². The molecule has 0 saturated carbocycles. The van der Waals surface area contributed by atoms with E-state index in [4.69, 9.17) is 5.11 Å². The summed E-state index contributed by atoms with van der Waals surface area (Å²) < 4.78 is 0. The summed E-state index contributed by atoms with van der Waals surface area (Å²) in [6, 6.07) is 0. The Labute approximate surface area is 158 Å². The fourth-order valence-corrected chi connectivity index (χ4v) is 2.25. The smallest absolute Gasteiger partial charge is 0.542 e. The van der Waals surface area contributed by atoms with Gasteiger partial charge in [0.15, 0.2) is 0 Å². The molecular formula is C18H31NaO3. The molecule has 0 amide bonds. The van der Waals surface area contributed by atoms with Crippen LogP contribution in [-0.4, -0.2) is 11.1 Å². The first-order valence-electron chi connectivity index (χ1n) is 8.45. The van der Waals surface area contributed by atoms with E-state index in [1.165, 1.54) is 64.2 Å². The number of aliphatic hydroxyl groups is 1. The Balaban J connectivity index is 0. The zero-order valence-corrected chi connectivity index (χ0v) is 16.5. The predicted molar refractivity (Wildman–Crippen MR) is 85.9 cm³/mol. The Kier molecular flexibility index (Phi) is 20.5. The van der Waals surface area contributed by atoms with E-state index >= 15 is 0 Å². The number of carboxylic acid groups (broad SMARTS) is 1. The SMILES string of the molecule is CCCCCCCCCCCCCC=CC=C(O)C(=O)[O-].[Na+]. The Hall–Kier alpha value is -0.250. The maximum absolute atomic E-state index is 10.2. The molecule has 0 fully saturated rings. The first-order valence-corrected chi connectivity index (χ1v) is 8.45. The third-order valence-corrected chi connectivity index (χ3v) is 3.57. The summed E-state index contributed by atoms with van der Waals surface area (Å²) >= 11 is 0. The first kappa shape index (κ1) is 24.0. The topological polar surface area (TPSA) is 60.4 Å². The molecule has 0 aromatic rings. The molecule has 0 heterocycles. The van der Waals surface area contributed by atoms with Crippen LogP contribution in [0.3, 0.4) is 0 Å². The summed E-state index contributed by atoms with van der Waals surface area (Å²) in [4.78, 5) is 10.2. The molecule has 0 aromatic heterocycles. The van der Waals surface area contributed by atoms with Crippen molar-refractivity contribution in [3.8, 4) is 0 Å². The van der Waals surface area contributed by atoms with E-state index < -0.39 is 11.7 Å². The van der Waals surface area contributed by atoms with Gasteiger partial charge in [0.25, 0.3) is 0 Å². The number of rotatable bonds is 14. The van der Waals surface area contributed by atoms with E-state index in [-0.39, 0.29) is 29.6 Å². The molecule has 4 heteroatoms. The van der Waals surface area contributed by atoms with Crippen LogP contribution in [0.4, 0.5) is 0 Å². The van der Waals surface area contributed by atoms with Crippen LogP contribution in [0.25, 0.3) is 0 Å². The number of unbranched alkanes of at least 4 members (excludes halogenated alkanes) is 11. The van der Waals surface area contributed by atoms with Crippen LogP contribution in [0, 0.1) is 0 Å². The van der Waals surface area contributed by atoms with Gasteiger partial charge in [-0.2, -0.15) is 0 Å². The second kappa shape index (κ2) is 18.8. The van der Waals surface area contributed by atoms with Crippen LogP contribution in [0.2, 0.25) is 0 Å². The van der Waals surface area contributed by atoms with Crippen molar-refractivity contribution in [1.29, 1.82) is 0 Å². The molecule has 0 aliphatic rings. The van der Waals surface area contributed by atoms with Crippen LogP contribution in [-0.2, 0) is 4.79 Å². The minimum Gasteiger partial charge on any atom is -0.542 e. The summed E-state index contributed by atoms with van der Waals surface area (Å²) in [5, 5.41) is 19.1. The van der Waals surface area contributed by atoms with E-state index in [0.29, 0.717) is 0 Å². The van der Waals surface area contributed by atoms with E-state index in [0.717, 1.165) is 18.9 Å². The number of carbonyl (C=O) groups is 1. The van der Waals surface area contributed by atoms with E-state index in [1.807, 2.05) is 6.08 Å². The molecule has 0 aliphatic carbocycles. The minimum absolute atomic E-state index is 0. The fourth-order valence-electron chi connectivity index (χ4n) is 2.25. The fraction of sp³-hybridized carbons (Fsp3) is 0.722. The van der Waals surface area contributed by atoms with Gasteiger partial charge in [-0.25, -0.2) is 0 Å². The molecule has 122 valence electrons. The van der Waals surface area contributed by atoms with Gasteiger partial charge in [-0.1, -0.05) is 83.3 Å². The standard InChI is InChI=1S/C18H32O3.Na/c1-2-3-4-5-6-7-8-9-10-11-12-13-14-15-16-17(19)18(20)21;/h14-16,19H,2-13H2,1H3,(H,20,21);/q;+1/p-1. The number of carbonyl (C=O) groups excluding carboxylic acids is 1. The molecule has 0 spiro atoms. The number of aliphatic carboxylic acids is 1. The quantitative estimate of drug-likeness (QED) is 0.173. The zero-order valence-electron chi connectivity index (χ0n) is 14.5. The molecule has 0 saturated heterocycles. The molecule has 0 aliphatic heterocycles. The van der Waals surface area contributed by atoms with Gasteiger partial charge in [0.2, 0.25) is 0 Å². The van der Waals surface area contributed by atoms with Gasteiger partial charge in [0.05, 0.1) is 0 Å². The van der Waals surface area contributed by atoms with Crippen LogP contribution in [0.15, 0.2) is 24.0 Å². The molecule has 0 atom stereocenters. The van der Waals surface area contributed by atoms with Crippen molar-refractivity contribution in [3.05, 3.63) is 24.0 Å². The summed E-state index contributed by atoms with van der Waals surface area (Å²) in [5.74, 6) is -2.25. The molecule has 0 aromatic carbocycles. The molecule has 0 radical (unpaired) electrons. The monoisotopic (exact) mass is 318 g/mol. The van der Waals surface area contributed by atoms with Crippen molar-refractivity contribution >= 4 is 5.97 Å². The van der Waals surface area contributed by atoms with Crippen molar-refractivity contribution in [2.24, 2.45) is 0 Å². The largest absolute Gasteiger partial charge is 1.00 e. The maximum Gasteiger partial charge on any atom is 1.00 e. The number of hydrogen-bond acceptors (Lipinski definition) is 3. The van der Waals surface area contributed by atoms with Gasteiger partial charge in [0, 0.05) is 0 Å². The van der Waals surface area contributed by atoms with Crippen molar-refractivity contribution in [2.75, 3.05) is 0 Å². The van der Waals surface area contributed by atoms with Gasteiger partial charge in [-0.15, -0.1) is 0 Å². The van der Waals surface area contributed by atoms with E-state index in [2.05, 4.69) is 6.92 Å². The van der Waals surface area contributed by atoms with Crippen LogP contribution >= 0.6 is 0 Å². The summed E-state index contributed by atoms with van der Waals surface area (Å²) in [6.45, 7) is 2.25. The normalized spacial score (nSPS) is 11.6. The van der Waals surface area contributed by atoms with Gasteiger partial charge in [-0.3, -0.25) is 0 Å². The average molecular weight is 318 g/mol. The average Bonchev–Trinajstić information content (AvgIpc) is 2.47. The van der Waals surface area contributed by atoms with E-state index in [9.17, 15) is 9.90 Å². The van der Waals surface area contributed by atoms with Gasteiger partial charge >= 0.3 is 29.6 Å². The Morgan fingerprint density at radius 3 is 1.82 bits per heavy atom. The molecular weight excluding hydrogens is 287 g/mol. The van der Waals surface area contributed by atoms with Crippen molar-refractivity contribution in [2.45, 2.75) is 84.0 Å². The third-order valence-electron chi connectivity index (χ3n) is 3.57. The summed E-state index contributed by atoms with van der Waals surface area (Å²) in [7, 11) is 0. The first-order chi connectivity index (χ1) is 10.2. The van der Waals surface area contributed by atoms with Gasteiger partial charge < -0.3 is 15.0 Å². The third kappa shape index (κ3) is 17.8. The van der Waals surface area contributed by atoms with Crippen molar-refractivity contribution < 1.29 is 44.6 Å². The predicted octanol–water partition coefficient (Wildman–Crippen LogP) is 1.44. The van der Waals surface area contributed by atoms with Gasteiger partial charge in [-0.05, 0) is 18.9 Å². The maximum atomic E-state index is 10.2. The molecule has 3 nitrogen and oxygen atoms in total. The summed E-state index contributed by atoms with van der Waals surface area (Å²) in [5.41, 5.74) is 0. The molecule has 0 rings (SSSR count).